The van der Waals surface area contributed by atoms with E-state index < -0.39 is 4.92 Å². The van der Waals surface area contributed by atoms with Crippen molar-refractivity contribution >= 4 is 34.3 Å². The van der Waals surface area contributed by atoms with Gasteiger partial charge in [0.25, 0.3) is 11.6 Å². The predicted octanol–water partition coefficient (Wildman–Crippen LogP) is 5.88. The number of amides is 1. The summed E-state index contributed by atoms with van der Waals surface area (Å²) in [5.74, 6) is 0.354. The molecule has 0 radical (unpaired) electrons. The topological polar surface area (TPSA) is 88.0 Å². The van der Waals surface area contributed by atoms with E-state index in [2.05, 4.69) is 53.6 Å². The summed E-state index contributed by atoms with van der Waals surface area (Å²) in [6.45, 7) is 4.16. The Bertz CT molecular complexity index is 1300. The van der Waals surface area contributed by atoms with E-state index in [0.29, 0.717) is 23.4 Å². The highest BCUT2D eigenvalue weighted by atomic mass is 32.2. The summed E-state index contributed by atoms with van der Waals surface area (Å²) >= 11 is 1.68. The lowest BCUT2D eigenvalue weighted by Gasteiger charge is -2.08. The van der Waals surface area contributed by atoms with Crippen LogP contribution < -0.4 is 5.32 Å². The Kier molecular flexibility index (Phi) is 6.28. The number of carbonyl (C=O) groups excluding carboxylic acids is 1. The van der Waals surface area contributed by atoms with Crippen LogP contribution in [0.5, 0.6) is 0 Å². The second-order valence-electron chi connectivity index (χ2n) is 7.60. The third-order valence-electron chi connectivity index (χ3n) is 5.30. The summed E-state index contributed by atoms with van der Waals surface area (Å²) in [6.07, 6.45) is 0. The molecule has 0 saturated carbocycles. The largest absolute Gasteiger partial charge is 0.354 e. The first-order chi connectivity index (χ1) is 15.4. The highest BCUT2D eigenvalue weighted by molar-refractivity contribution is 7.99. The fourth-order valence-corrected chi connectivity index (χ4v) is 4.61. The third kappa shape index (κ3) is 4.53. The summed E-state index contributed by atoms with van der Waals surface area (Å²) in [6, 6.07) is 21.1. The number of nitrogens with zero attached hydrogens (tertiary/aromatic N) is 1. The van der Waals surface area contributed by atoms with Crippen LogP contribution in [-0.4, -0.2) is 28.1 Å². The van der Waals surface area contributed by atoms with E-state index in [1.54, 1.807) is 30.8 Å². The number of nitrogens with one attached hydrogen (secondary N) is 2. The van der Waals surface area contributed by atoms with Crippen molar-refractivity contribution in [2.45, 2.75) is 18.7 Å². The molecule has 0 atom stereocenters. The van der Waals surface area contributed by atoms with Gasteiger partial charge in [-0.05, 0) is 31.5 Å². The van der Waals surface area contributed by atoms with E-state index >= 15 is 0 Å². The molecule has 0 spiro atoms. The Balaban J connectivity index is 1.47. The van der Waals surface area contributed by atoms with Gasteiger partial charge in [0.2, 0.25) is 0 Å². The third-order valence-corrected chi connectivity index (χ3v) is 6.42. The van der Waals surface area contributed by atoms with Crippen molar-refractivity contribution in [3.05, 3.63) is 93.5 Å². The smallest absolute Gasteiger partial charge is 0.273 e. The Morgan fingerprint density at radius 3 is 2.56 bits per heavy atom. The molecule has 1 aromatic heterocycles. The molecule has 1 heterocycles. The molecule has 0 aliphatic carbocycles. The molecule has 0 unspecified atom stereocenters. The van der Waals surface area contributed by atoms with Gasteiger partial charge in [-0.15, -0.1) is 11.8 Å². The Morgan fingerprint density at radius 2 is 1.81 bits per heavy atom. The van der Waals surface area contributed by atoms with E-state index in [0.717, 1.165) is 27.1 Å². The van der Waals surface area contributed by atoms with Crippen molar-refractivity contribution in [3.8, 4) is 11.3 Å². The standard InChI is InChI=1S/C25H23N3O3S/c1-16-7-10-18(11-8-16)23-24(20-5-3-4-6-21(20)27-23)32-14-13-26-25(29)19-12-9-17(2)22(15-19)28(30)31/h3-12,15,27H,13-14H2,1-2H3,(H,26,29). The average molecular weight is 446 g/mol. The van der Waals surface area contributed by atoms with Crippen molar-refractivity contribution in [2.24, 2.45) is 0 Å². The maximum absolute atomic E-state index is 12.5. The summed E-state index contributed by atoms with van der Waals surface area (Å²) in [5, 5.41) is 15.1. The van der Waals surface area contributed by atoms with Crippen molar-refractivity contribution < 1.29 is 9.72 Å². The molecule has 3 aromatic carbocycles. The monoisotopic (exact) mass is 445 g/mol. The SMILES string of the molecule is Cc1ccc(-c2[nH]c3ccccc3c2SCCNC(=O)c2ccc(C)c([N+](=O)[O-])c2)cc1. The number of aryl methyl sites for hydroxylation is 2. The van der Waals surface area contributed by atoms with Crippen LogP contribution in [0.25, 0.3) is 22.2 Å². The molecule has 0 fully saturated rings. The minimum absolute atomic E-state index is 0.0476. The minimum Gasteiger partial charge on any atom is -0.354 e. The molecule has 7 heteroatoms. The summed E-state index contributed by atoms with van der Waals surface area (Å²) < 4.78 is 0. The number of carbonyl (C=O) groups is 1. The van der Waals surface area contributed by atoms with E-state index in [9.17, 15) is 14.9 Å². The minimum atomic E-state index is -0.467. The number of para-hydroxylation sites is 1. The zero-order chi connectivity index (χ0) is 22.7. The first-order valence-corrected chi connectivity index (χ1v) is 11.3. The zero-order valence-electron chi connectivity index (χ0n) is 17.8. The first kappa shape index (κ1) is 21.6. The molecule has 0 aliphatic rings. The number of hydrogen-bond acceptors (Lipinski definition) is 4. The number of benzene rings is 3. The van der Waals surface area contributed by atoms with Crippen LogP contribution in [0.4, 0.5) is 5.69 Å². The van der Waals surface area contributed by atoms with Crippen LogP contribution in [0.1, 0.15) is 21.5 Å². The highest BCUT2D eigenvalue weighted by Crippen LogP contribution is 2.37. The fraction of sp³-hybridized carbons (Fsp3) is 0.160. The first-order valence-electron chi connectivity index (χ1n) is 10.3. The van der Waals surface area contributed by atoms with Crippen molar-refractivity contribution in [1.82, 2.24) is 10.3 Å². The molecule has 0 aliphatic heterocycles. The summed E-state index contributed by atoms with van der Waals surface area (Å²) in [5.41, 5.74) is 5.24. The molecular formula is C25H23N3O3S. The molecule has 32 heavy (non-hydrogen) atoms. The van der Waals surface area contributed by atoms with Crippen molar-refractivity contribution in [1.29, 1.82) is 0 Å². The van der Waals surface area contributed by atoms with Gasteiger partial charge in [0.15, 0.2) is 0 Å². The van der Waals surface area contributed by atoms with E-state index in [1.165, 1.54) is 11.6 Å². The molecule has 0 bridgehead atoms. The fourth-order valence-electron chi connectivity index (χ4n) is 3.56. The normalized spacial score (nSPS) is 10.9. The number of hydrogen-bond donors (Lipinski definition) is 2. The number of H-pyrrole nitrogens is 1. The molecule has 2 N–H and O–H groups in total. The number of thioether (sulfide) groups is 1. The number of rotatable bonds is 7. The van der Waals surface area contributed by atoms with Gasteiger partial charge in [-0.1, -0.05) is 54.1 Å². The Hall–Kier alpha value is -3.58. The van der Waals surface area contributed by atoms with Gasteiger partial charge in [0.05, 0.1) is 10.6 Å². The maximum atomic E-state index is 12.5. The number of nitro benzene ring substituents is 1. The number of aromatic amines is 1. The summed E-state index contributed by atoms with van der Waals surface area (Å²) in [4.78, 5) is 27.8. The van der Waals surface area contributed by atoms with Gasteiger partial charge in [-0.2, -0.15) is 0 Å². The van der Waals surface area contributed by atoms with Crippen LogP contribution in [0.15, 0.2) is 71.6 Å². The molecule has 4 rings (SSSR count). The lowest BCUT2D eigenvalue weighted by Crippen LogP contribution is -2.25. The second kappa shape index (κ2) is 9.28. The number of fused-ring (bicyclic) bond motifs is 1. The van der Waals surface area contributed by atoms with E-state index in [-0.39, 0.29) is 11.6 Å². The van der Waals surface area contributed by atoms with Gasteiger partial charge < -0.3 is 10.3 Å². The van der Waals surface area contributed by atoms with Crippen LogP contribution in [0.2, 0.25) is 0 Å². The van der Waals surface area contributed by atoms with Crippen molar-refractivity contribution in [2.75, 3.05) is 12.3 Å². The lowest BCUT2D eigenvalue weighted by atomic mass is 10.1. The predicted molar refractivity (Wildman–Crippen MR) is 129 cm³/mol. The van der Waals surface area contributed by atoms with E-state index in [4.69, 9.17) is 0 Å². The number of nitro groups is 1. The average Bonchev–Trinajstić information content (AvgIpc) is 3.15. The van der Waals surface area contributed by atoms with Gasteiger partial charge in [0, 0.05) is 45.3 Å². The lowest BCUT2D eigenvalue weighted by molar-refractivity contribution is -0.385. The zero-order valence-corrected chi connectivity index (χ0v) is 18.7. The van der Waals surface area contributed by atoms with Gasteiger partial charge in [-0.25, -0.2) is 0 Å². The number of aromatic nitrogens is 1. The second-order valence-corrected chi connectivity index (χ2v) is 8.71. The Labute approximate surface area is 190 Å². The van der Waals surface area contributed by atoms with Crippen molar-refractivity contribution in [3.63, 3.8) is 0 Å². The highest BCUT2D eigenvalue weighted by Gasteiger charge is 2.16. The molecule has 0 saturated heterocycles. The van der Waals surface area contributed by atoms with Crippen LogP contribution in [-0.2, 0) is 0 Å². The molecular weight excluding hydrogens is 422 g/mol. The van der Waals surface area contributed by atoms with Crippen LogP contribution in [0.3, 0.4) is 0 Å². The summed E-state index contributed by atoms with van der Waals surface area (Å²) in [7, 11) is 0. The van der Waals surface area contributed by atoms with Gasteiger partial charge in [-0.3, -0.25) is 14.9 Å². The van der Waals surface area contributed by atoms with E-state index in [1.807, 2.05) is 12.1 Å². The molecule has 162 valence electrons. The quantitative estimate of drug-likeness (QED) is 0.161. The van der Waals surface area contributed by atoms with Gasteiger partial charge >= 0.3 is 0 Å². The van der Waals surface area contributed by atoms with Crippen LogP contribution >= 0.6 is 11.8 Å². The Morgan fingerprint density at radius 1 is 1.06 bits per heavy atom. The van der Waals surface area contributed by atoms with Crippen LogP contribution in [0, 0.1) is 24.0 Å². The van der Waals surface area contributed by atoms with Gasteiger partial charge in [0.1, 0.15) is 0 Å². The molecule has 4 aromatic rings. The molecule has 6 nitrogen and oxygen atoms in total. The maximum Gasteiger partial charge on any atom is 0.273 e. The molecule has 1 amide bonds.